The summed E-state index contributed by atoms with van der Waals surface area (Å²) < 4.78 is 31.9. The van der Waals surface area contributed by atoms with Gasteiger partial charge in [0.15, 0.2) is 15.7 Å². The summed E-state index contributed by atoms with van der Waals surface area (Å²) in [4.78, 5) is 80.3. The number of sulfone groups is 1. The number of aryl methyl sites for hydroxylation is 1. The third-order valence-electron chi connectivity index (χ3n) is 14.1. The second kappa shape index (κ2) is 28.4. The van der Waals surface area contributed by atoms with Crippen LogP contribution in [0.1, 0.15) is 129 Å². The van der Waals surface area contributed by atoms with Gasteiger partial charge < -0.3 is 46.4 Å². The minimum absolute atomic E-state index is 0.0473. The Labute approximate surface area is 460 Å². The van der Waals surface area contributed by atoms with Gasteiger partial charge in [-0.05, 0) is 113 Å². The minimum Gasteiger partial charge on any atom is -0.495 e. The van der Waals surface area contributed by atoms with Crippen molar-refractivity contribution in [1.82, 2.24) is 41.0 Å². The fraction of sp³-hybridized carbons (Fsp3) is 0.526. The van der Waals surface area contributed by atoms with E-state index in [4.69, 9.17) is 16.3 Å². The van der Waals surface area contributed by atoms with E-state index in [0.717, 1.165) is 42.4 Å². The summed E-state index contributed by atoms with van der Waals surface area (Å²) in [6.45, 7) is 15.2. The number of hydrogen-bond donors (Lipinski definition) is 6. The number of methoxy groups -OCH3 is 1. The average Bonchev–Trinajstić information content (AvgIpc) is 3.84. The number of carbonyl (C=O) groups is 5. The van der Waals surface area contributed by atoms with Crippen LogP contribution in [0.2, 0.25) is 5.02 Å². The molecule has 6 N–H and O–H groups in total. The Morgan fingerprint density at radius 1 is 0.896 bits per heavy atom. The first-order valence-corrected chi connectivity index (χ1v) is 28.6. The molecule has 0 saturated carbocycles. The van der Waals surface area contributed by atoms with Gasteiger partial charge >= 0.3 is 0 Å². The molecule has 0 spiro atoms. The molecular weight excluding hydrogens is 1020 g/mol. The van der Waals surface area contributed by atoms with Crippen LogP contribution in [0.5, 0.6) is 5.75 Å². The summed E-state index contributed by atoms with van der Waals surface area (Å²) in [6.07, 6.45) is 7.47. The van der Waals surface area contributed by atoms with Gasteiger partial charge in [0, 0.05) is 39.0 Å². The molecule has 18 nitrogen and oxygen atoms in total. The molecule has 1 fully saturated rings. The summed E-state index contributed by atoms with van der Waals surface area (Å²) in [5, 5.41) is 17.9. The zero-order valence-electron chi connectivity index (χ0n) is 46.7. The first kappa shape index (κ1) is 61.5. The van der Waals surface area contributed by atoms with Crippen molar-refractivity contribution in [3.63, 3.8) is 0 Å². The van der Waals surface area contributed by atoms with Gasteiger partial charge in [-0.25, -0.2) is 13.4 Å². The highest BCUT2D eigenvalue weighted by Crippen LogP contribution is 2.34. The fourth-order valence-corrected chi connectivity index (χ4v) is 10.5. The Morgan fingerprint density at radius 3 is 2.21 bits per heavy atom. The highest BCUT2D eigenvalue weighted by Gasteiger charge is 2.46. The molecular formula is C57H81ClN10O8S. The van der Waals surface area contributed by atoms with E-state index in [2.05, 4.69) is 41.9 Å². The number of anilines is 4. The molecule has 1 aliphatic rings. The lowest BCUT2D eigenvalue weighted by molar-refractivity contribution is -0.144. The molecule has 420 valence electrons. The Kier molecular flexibility index (Phi) is 22.7. The molecule has 4 aromatic rings. The molecule has 1 unspecified atom stereocenters. The molecule has 77 heavy (non-hydrogen) atoms. The Morgan fingerprint density at radius 2 is 1.56 bits per heavy atom. The highest BCUT2D eigenvalue weighted by atomic mass is 35.5. The van der Waals surface area contributed by atoms with Crippen molar-refractivity contribution in [3.05, 3.63) is 94.6 Å². The lowest BCUT2D eigenvalue weighted by Crippen LogP contribution is -2.59. The van der Waals surface area contributed by atoms with Gasteiger partial charge in [0.2, 0.25) is 35.5 Å². The van der Waals surface area contributed by atoms with Gasteiger partial charge in [-0.3, -0.25) is 24.0 Å². The van der Waals surface area contributed by atoms with Crippen molar-refractivity contribution in [1.29, 1.82) is 0 Å². The van der Waals surface area contributed by atoms with Crippen molar-refractivity contribution >= 4 is 74.1 Å². The zero-order valence-corrected chi connectivity index (χ0v) is 48.3. The van der Waals surface area contributed by atoms with Gasteiger partial charge in [0.1, 0.15) is 22.9 Å². The first-order valence-electron chi connectivity index (χ1n) is 26.7. The second-order valence-corrected chi connectivity index (χ2v) is 24.1. The number of nitrogens with one attached hydrogen (secondary N) is 6. The Bertz CT molecular complexity index is 2780. The second-order valence-electron chi connectivity index (χ2n) is 21.2. The molecule has 1 aromatic heterocycles. The quantitative estimate of drug-likeness (QED) is 0.0309. The summed E-state index contributed by atoms with van der Waals surface area (Å²) >= 11 is 6.47. The van der Waals surface area contributed by atoms with E-state index in [1.165, 1.54) is 11.1 Å². The van der Waals surface area contributed by atoms with E-state index in [-0.39, 0.29) is 76.6 Å². The number of hydrogen-bond acceptors (Lipinski definition) is 13. The number of likely N-dealkylation sites (N-methyl/N-ethyl adjacent to an activating group) is 2. The molecule has 5 atom stereocenters. The van der Waals surface area contributed by atoms with Gasteiger partial charge in [0.25, 0.3) is 0 Å². The summed E-state index contributed by atoms with van der Waals surface area (Å²) in [6, 6.07) is 17.1. The molecule has 2 heterocycles. The van der Waals surface area contributed by atoms with Crippen molar-refractivity contribution in [3.8, 4) is 5.75 Å². The van der Waals surface area contributed by atoms with Crippen molar-refractivity contribution < 1.29 is 37.1 Å². The van der Waals surface area contributed by atoms with E-state index in [9.17, 15) is 32.4 Å². The summed E-state index contributed by atoms with van der Waals surface area (Å²) in [7, 11) is 1.44. The standard InChI is InChI=1S/C57H81ClN10O8S/c1-12-43(39-23-17-16-18-24-39)63-54(72)46-33-41(35-68(46)55(73)51(57(6,7)8)65-53(71)38(5)59-9)61-49(69)27-19-14-13-15-20-28-50(70)67(10)30-29-40-32-47(76-11)45(31-37(40)4)64-56-60-34-42(58)52(66-56)62-44-25-21-22-26-48(44)77(74,75)36(2)3/h16-18,21-26,31-32,34,36,38,41,43,46,51,59H,12-15,19-20,27-30,33,35H2,1-11H3,(H,61,69)(H,63,72)(H,65,71)(H2,60,62,64,66)/t38-,41-,43?,46-,51+/m0/s1. The fourth-order valence-electron chi connectivity index (χ4n) is 9.12. The normalized spacial score (nSPS) is 15.8. The van der Waals surface area contributed by atoms with E-state index in [1.54, 1.807) is 71.1 Å². The lowest BCUT2D eigenvalue weighted by atomic mass is 9.85. The predicted octanol–water partition coefficient (Wildman–Crippen LogP) is 8.34. The van der Waals surface area contributed by atoms with E-state index < -0.39 is 44.7 Å². The van der Waals surface area contributed by atoms with E-state index in [0.29, 0.717) is 49.4 Å². The first-order chi connectivity index (χ1) is 36.5. The molecule has 0 radical (unpaired) electrons. The number of unbranched alkanes of at least 4 members (excludes halogenated alkanes) is 4. The number of carbonyl (C=O) groups excluding carboxylic acids is 5. The lowest BCUT2D eigenvalue weighted by Gasteiger charge is -2.36. The molecule has 5 rings (SSSR count). The SMILES string of the molecule is CCC(NC(=O)[C@@H]1C[C@H](NC(=O)CCCCCCCC(=O)N(C)CCc2cc(OC)c(Nc3ncc(Cl)c(Nc4ccccc4S(=O)(=O)C(C)C)n3)cc2C)CN1C(=O)[C@@H](NC(=O)[C@H](C)NC)C(C)(C)C)c1ccccc1. The van der Waals surface area contributed by atoms with Gasteiger partial charge in [-0.1, -0.05) is 101 Å². The van der Waals surface area contributed by atoms with Crippen LogP contribution in [-0.2, 0) is 40.2 Å². The number of ether oxygens (including phenoxy) is 1. The van der Waals surface area contributed by atoms with Crippen LogP contribution >= 0.6 is 11.6 Å². The smallest absolute Gasteiger partial charge is 0.246 e. The molecule has 0 bridgehead atoms. The minimum atomic E-state index is -3.60. The number of para-hydroxylation sites is 1. The molecule has 5 amide bonds. The highest BCUT2D eigenvalue weighted by molar-refractivity contribution is 7.92. The van der Waals surface area contributed by atoms with Gasteiger partial charge in [-0.2, -0.15) is 4.98 Å². The van der Waals surface area contributed by atoms with Gasteiger partial charge in [0.05, 0.1) is 46.9 Å². The van der Waals surface area contributed by atoms with Crippen LogP contribution in [0.4, 0.5) is 23.1 Å². The molecule has 1 aliphatic heterocycles. The number of benzene rings is 3. The largest absolute Gasteiger partial charge is 0.495 e. The van der Waals surface area contributed by atoms with Crippen molar-refractivity contribution in [2.75, 3.05) is 44.9 Å². The van der Waals surface area contributed by atoms with Crippen LogP contribution in [0, 0.1) is 12.3 Å². The van der Waals surface area contributed by atoms with Crippen molar-refractivity contribution in [2.45, 2.75) is 160 Å². The number of nitrogens with zero attached hydrogens (tertiary/aromatic N) is 4. The van der Waals surface area contributed by atoms with E-state index >= 15 is 0 Å². The van der Waals surface area contributed by atoms with Crippen LogP contribution in [0.15, 0.2) is 77.8 Å². The number of halogens is 1. The van der Waals surface area contributed by atoms with Crippen LogP contribution in [0.3, 0.4) is 0 Å². The van der Waals surface area contributed by atoms with Gasteiger partial charge in [-0.15, -0.1) is 0 Å². The average molecular weight is 1100 g/mol. The maximum absolute atomic E-state index is 14.4. The third-order valence-corrected chi connectivity index (χ3v) is 16.5. The molecule has 0 aliphatic carbocycles. The topological polar surface area (TPSA) is 233 Å². The molecule has 1 saturated heterocycles. The van der Waals surface area contributed by atoms with Crippen molar-refractivity contribution in [2.24, 2.45) is 5.41 Å². The number of likely N-dealkylation sites (tertiary alicyclic amines) is 1. The number of aromatic nitrogens is 2. The molecule has 3 aromatic carbocycles. The predicted molar refractivity (Wildman–Crippen MR) is 303 cm³/mol. The Hall–Kier alpha value is -6.31. The number of amides is 5. The Balaban J connectivity index is 1.08. The maximum Gasteiger partial charge on any atom is 0.246 e. The van der Waals surface area contributed by atoms with Crippen LogP contribution < -0.4 is 36.6 Å². The zero-order chi connectivity index (χ0) is 56.6. The summed E-state index contributed by atoms with van der Waals surface area (Å²) in [5.41, 5.74) is 3.20. The third kappa shape index (κ3) is 17.1. The number of rotatable bonds is 27. The van der Waals surface area contributed by atoms with E-state index in [1.807, 2.05) is 77.1 Å². The monoisotopic (exact) mass is 1100 g/mol. The maximum atomic E-state index is 14.4. The molecule has 20 heteroatoms. The van der Waals surface area contributed by atoms with Crippen LogP contribution in [-0.4, -0.2) is 121 Å². The summed E-state index contributed by atoms with van der Waals surface area (Å²) in [5.74, 6) is -0.149. The van der Waals surface area contributed by atoms with Crippen LogP contribution in [0.25, 0.3) is 0 Å².